The average Bonchev–Trinajstić information content (AvgIpc) is 1.78. The topological polar surface area (TPSA) is 232 Å². The van der Waals surface area contributed by atoms with Gasteiger partial charge in [0.15, 0.2) is 0 Å². The number of rotatable bonds is 9. The lowest BCUT2D eigenvalue weighted by atomic mass is 10.1. The number of nitrogens with one attached hydrogen (secondary N) is 3. The van der Waals surface area contributed by atoms with Crippen LogP contribution in [0, 0.1) is 13.8 Å². The molecule has 0 spiro atoms. The van der Waals surface area contributed by atoms with Gasteiger partial charge in [0.05, 0.1) is 28.1 Å². The van der Waals surface area contributed by atoms with Crippen molar-refractivity contribution in [2.75, 3.05) is 45.6 Å². The maximum Gasteiger partial charge on any atom is 0.335 e. The highest BCUT2D eigenvalue weighted by Crippen LogP contribution is 2.44. The first-order valence-electron chi connectivity index (χ1n) is 28.0. The minimum absolute atomic E-state index is 0. The van der Waals surface area contributed by atoms with E-state index in [4.69, 9.17) is 20.8 Å². The van der Waals surface area contributed by atoms with Gasteiger partial charge in [-0.05, 0) is 195 Å². The van der Waals surface area contributed by atoms with E-state index < -0.39 is 5.97 Å². The van der Waals surface area contributed by atoms with Crippen LogP contribution in [-0.4, -0.2) is 80.3 Å². The quantitative estimate of drug-likeness (QED) is 0.0526. The lowest BCUT2D eigenvalue weighted by Gasteiger charge is -2.18. The third-order valence-electron chi connectivity index (χ3n) is 15.0. The third kappa shape index (κ3) is 12.4. The number of fused-ring (bicyclic) bond motifs is 6. The molecule has 0 bridgehead atoms. The summed E-state index contributed by atoms with van der Waals surface area (Å²) >= 11 is 3.09. The van der Waals surface area contributed by atoms with Crippen molar-refractivity contribution in [1.29, 1.82) is 0 Å². The Balaban J connectivity index is 0.000000153. The van der Waals surface area contributed by atoms with Crippen LogP contribution in [0.15, 0.2) is 238 Å². The number of pyridine rings is 2. The molecule has 0 fully saturated rings. The number of phenolic OH excluding ortho intramolecular Hbond substituents is 2. The van der Waals surface area contributed by atoms with E-state index in [1.165, 1.54) is 11.8 Å². The SMILES string of the molecule is CN1C(=O)c2ccccc2Sc2cc(N)ccc21.Cc1cccn2c(Nc3ccc(C(=O)Nc4ccc5c(c4)Sc4ccccc4C(=O)N5C)cc3)c(-c3ccc(O)cc3)nc12.Cc1cccn2c(Nc3ccc(C(=O)O)cc3)c(-c3ccc(O)cc3)nc12.[B]. The van der Waals surface area contributed by atoms with Crippen LogP contribution in [0.5, 0.6) is 11.5 Å². The second-order valence-electron chi connectivity index (χ2n) is 21.0. The molecule has 17 nitrogen and oxygen atoms in total. The van der Waals surface area contributed by atoms with Crippen molar-refractivity contribution in [3.05, 3.63) is 252 Å². The summed E-state index contributed by atoms with van der Waals surface area (Å²) in [5.41, 5.74) is 19.5. The van der Waals surface area contributed by atoms with Crippen molar-refractivity contribution in [2.45, 2.75) is 33.4 Å². The molecule has 0 saturated heterocycles. The van der Waals surface area contributed by atoms with Gasteiger partial charge in [-0.3, -0.25) is 23.2 Å². The van der Waals surface area contributed by atoms with Crippen molar-refractivity contribution in [2.24, 2.45) is 0 Å². The van der Waals surface area contributed by atoms with Crippen LogP contribution < -0.4 is 31.5 Å². The molecule has 4 aromatic heterocycles. The summed E-state index contributed by atoms with van der Waals surface area (Å²) in [4.78, 5) is 66.4. The molecule has 2 aliphatic heterocycles. The van der Waals surface area contributed by atoms with E-state index in [9.17, 15) is 29.4 Å². The highest BCUT2D eigenvalue weighted by Gasteiger charge is 2.27. The maximum absolute atomic E-state index is 13.2. The standard InChI is InChI=1S/C35H27N5O3S.C21H17N3O3.C14H12N2OS.B/c1-21-6-5-19-40-32(21)38-31(22-11-16-26(41)17-12-22)33(40)36-24-13-9-23(10-14-24)34(42)37-25-15-18-28-30(20-25)44-29-8-4-3-7-27(29)35(43)39(28)2;1-13-3-2-12-24-19(13)23-18(14-6-10-17(25)11-7-14)20(24)22-16-8-4-15(5-9-16)21(26)27;1-16-11-7-6-9(15)8-13(11)18-12-5-3-2-4-10(12)14(16)17;/h3-20,36,41H,1-2H3,(H,37,42);2-12,22,25H,1H3,(H,26,27);2-8H,15H2,1H3;. The number of aromatic hydroxyl groups is 2. The second-order valence-corrected chi connectivity index (χ2v) is 23.1. The molecule has 0 aliphatic carbocycles. The number of phenols is 2. The number of imidazole rings is 2. The maximum atomic E-state index is 13.2. The van der Waals surface area contributed by atoms with E-state index in [0.29, 0.717) is 22.5 Å². The number of carbonyl (C=O) groups excluding carboxylic acids is 3. The number of hydrogen-bond donors (Lipinski definition) is 7. The fourth-order valence-electron chi connectivity index (χ4n) is 10.3. The lowest BCUT2D eigenvalue weighted by Crippen LogP contribution is -2.26. The summed E-state index contributed by atoms with van der Waals surface area (Å²) < 4.78 is 3.96. The number of aromatic carboxylic acids is 1. The Morgan fingerprint density at radius 2 is 0.911 bits per heavy atom. The molecule has 0 saturated carbocycles. The normalized spacial score (nSPS) is 12.1. The highest BCUT2D eigenvalue weighted by molar-refractivity contribution is 8.00. The number of anilines is 8. The largest absolute Gasteiger partial charge is 0.508 e. The number of nitrogens with zero attached hydrogens (tertiary/aromatic N) is 6. The number of carbonyl (C=O) groups is 4. The molecule has 90 heavy (non-hydrogen) atoms. The van der Waals surface area contributed by atoms with E-state index in [2.05, 4.69) is 16.0 Å². The molecule has 443 valence electrons. The van der Waals surface area contributed by atoms with Crippen molar-refractivity contribution in [3.8, 4) is 34.0 Å². The van der Waals surface area contributed by atoms with E-state index in [1.54, 1.807) is 96.3 Å². The second kappa shape index (κ2) is 25.6. The summed E-state index contributed by atoms with van der Waals surface area (Å²) in [6, 6.07) is 61.9. The Morgan fingerprint density at radius 1 is 0.489 bits per heavy atom. The van der Waals surface area contributed by atoms with Gasteiger partial charge < -0.3 is 46.8 Å². The fraction of sp³-hybridized carbons (Fsp3) is 0.0571. The molecule has 14 rings (SSSR count). The number of hydrogen-bond acceptors (Lipinski definition) is 13. The first-order valence-corrected chi connectivity index (χ1v) is 29.6. The van der Waals surface area contributed by atoms with Gasteiger partial charge in [-0.1, -0.05) is 59.9 Å². The van der Waals surface area contributed by atoms with Gasteiger partial charge in [-0.25, -0.2) is 14.8 Å². The minimum Gasteiger partial charge on any atom is -0.508 e. The van der Waals surface area contributed by atoms with E-state index in [0.717, 1.165) is 104 Å². The van der Waals surface area contributed by atoms with Crippen LogP contribution in [0.4, 0.5) is 45.8 Å². The Hall–Kier alpha value is -11.2. The number of benzene rings is 8. The molecule has 20 heteroatoms. The Morgan fingerprint density at radius 3 is 1.38 bits per heavy atom. The van der Waals surface area contributed by atoms with Gasteiger partial charge >= 0.3 is 5.97 Å². The number of amides is 3. The molecule has 6 heterocycles. The molecule has 8 aromatic carbocycles. The number of nitrogens with two attached hydrogens (primary N) is 1. The summed E-state index contributed by atoms with van der Waals surface area (Å²) in [5, 5.41) is 38.2. The van der Waals surface area contributed by atoms with Gasteiger partial charge in [0, 0.05) is 93.9 Å². The Labute approximate surface area is 528 Å². The van der Waals surface area contributed by atoms with Crippen LogP contribution in [0.2, 0.25) is 0 Å². The molecular weight excluding hydrogens is 1170 g/mol. The summed E-state index contributed by atoms with van der Waals surface area (Å²) in [7, 11) is 3.55. The van der Waals surface area contributed by atoms with Crippen LogP contribution in [0.1, 0.15) is 52.6 Å². The Bertz CT molecular complexity index is 4730. The molecule has 0 atom stereocenters. The molecule has 12 aromatic rings. The predicted octanol–water partition coefficient (Wildman–Crippen LogP) is 14.8. The van der Waals surface area contributed by atoms with Gasteiger partial charge in [-0.2, -0.15) is 0 Å². The first-order chi connectivity index (χ1) is 43.0. The molecular formula is C70H56BN10O7S2. The van der Waals surface area contributed by atoms with Crippen molar-refractivity contribution in [1.82, 2.24) is 18.8 Å². The zero-order valence-corrected chi connectivity index (χ0v) is 50.5. The van der Waals surface area contributed by atoms with E-state index in [1.807, 2.05) is 181 Å². The molecule has 3 amide bonds. The van der Waals surface area contributed by atoms with Crippen LogP contribution in [0.25, 0.3) is 33.8 Å². The lowest BCUT2D eigenvalue weighted by molar-refractivity contribution is 0.0696. The van der Waals surface area contributed by atoms with Crippen LogP contribution in [0.3, 0.4) is 0 Å². The summed E-state index contributed by atoms with van der Waals surface area (Å²) in [6.07, 6.45) is 3.88. The van der Waals surface area contributed by atoms with Gasteiger partial charge in [0.2, 0.25) is 0 Å². The minimum atomic E-state index is -0.961. The number of nitrogen functional groups attached to an aromatic ring is 1. The number of aryl methyl sites for hydroxylation is 2. The summed E-state index contributed by atoms with van der Waals surface area (Å²) in [6.45, 7) is 4.01. The monoisotopic (exact) mass is 1220 g/mol. The van der Waals surface area contributed by atoms with Crippen molar-refractivity contribution in [3.63, 3.8) is 0 Å². The number of carboxylic acid groups (broad SMARTS) is 1. The molecule has 0 unspecified atom stereocenters. The zero-order chi connectivity index (χ0) is 62.0. The summed E-state index contributed by atoms with van der Waals surface area (Å²) in [5.74, 6) is 0.675. The van der Waals surface area contributed by atoms with Gasteiger partial charge in [0.25, 0.3) is 17.7 Å². The number of aromatic nitrogens is 4. The van der Waals surface area contributed by atoms with E-state index in [-0.39, 0.29) is 43.2 Å². The van der Waals surface area contributed by atoms with Crippen molar-refractivity contribution >= 4 is 113 Å². The van der Waals surface area contributed by atoms with Crippen LogP contribution in [-0.2, 0) is 0 Å². The average molecular weight is 1220 g/mol. The van der Waals surface area contributed by atoms with Gasteiger partial charge in [-0.15, -0.1) is 0 Å². The smallest absolute Gasteiger partial charge is 0.335 e. The zero-order valence-electron chi connectivity index (χ0n) is 48.9. The Kier molecular flexibility index (Phi) is 17.2. The third-order valence-corrected chi connectivity index (χ3v) is 17.2. The molecule has 8 N–H and O–H groups in total. The molecule has 2 aliphatic rings. The molecule has 3 radical (unpaired) electrons. The van der Waals surface area contributed by atoms with Crippen molar-refractivity contribution < 1.29 is 34.5 Å². The highest BCUT2D eigenvalue weighted by atomic mass is 32.2. The first kappa shape index (κ1) is 60.5. The van der Waals surface area contributed by atoms with Gasteiger partial charge in [0.1, 0.15) is 45.8 Å². The predicted molar refractivity (Wildman–Crippen MR) is 358 cm³/mol. The number of carboxylic acids is 1. The van der Waals surface area contributed by atoms with E-state index >= 15 is 0 Å². The van der Waals surface area contributed by atoms with Crippen LogP contribution >= 0.6 is 23.5 Å². The fourth-order valence-corrected chi connectivity index (χ4v) is 12.6.